The Morgan fingerprint density at radius 3 is 2.10 bits per heavy atom. The Morgan fingerprint density at radius 2 is 1.50 bits per heavy atom. The molecule has 212 valence electrons. The molecule has 40 heavy (non-hydrogen) atoms. The van der Waals surface area contributed by atoms with E-state index < -0.39 is 16.1 Å². The highest BCUT2D eigenvalue weighted by molar-refractivity contribution is 7.89. The van der Waals surface area contributed by atoms with Crippen LogP contribution in [0.2, 0.25) is 0 Å². The first-order chi connectivity index (χ1) is 19.4. The van der Waals surface area contributed by atoms with Crippen LogP contribution >= 0.6 is 0 Å². The van der Waals surface area contributed by atoms with Gasteiger partial charge in [0.2, 0.25) is 21.8 Å². The molecule has 2 amide bonds. The molecule has 0 bridgehead atoms. The summed E-state index contributed by atoms with van der Waals surface area (Å²) in [5.41, 5.74) is 2.80. The average molecular weight is 562 g/mol. The lowest BCUT2D eigenvalue weighted by Crippen LogP contribution is -2.50. The van der Waals surface area contributed by atoms with Gasteiger partial charge in [-0.25, -0.2) is 13.1 Å². The Hall–Kier alpha value is -3.49. The third-order valence-corrected chi connectivity index (χ3v) is 8.59. The van der Waals surface area contributed by atoms with Crippen molar-refractivity contribution in [3.63, 3.8) is 0 Å². The standard InChI is InChI=1S/C32H39N3O4S/c1-2-3-22-33-32(37)30(23-26-10-6-4-7-11-26)35(24-27-12-8-5-9-13-27)31(36)21-16-25-14-19-29(20-15-25)40(38,39)34-28-17-18-28/h4-15,19-20,28,30,34H,2-3,16-18,21-24H2,1H3,(H,33,37)/t30-/m0/s1. The van der Waals surface area contributed by atoms with E-state index in [1.165, 1.54) is 0 Å². The second-order valence-electron chi connectivity index (χ2n) is 10.4. The van der Waals surface area contributed by atoms with E-state index in [4.69, 9.17) is 0 Å². The van der Waals surface area contributed by atoms with Crippen molar-refractivity contribution >= 4 is 21.8 Å². The molecule has 1 atom stereocenters. The molecule has 0 radical (unpaired) electrons. The van der Waals surface area contributed by atoms with Gasteiger partial charge in [0.25, 0.3) is 0 Å². The molecule has 0 aromatic heterocycles. The summed E-state index contributed by atoms with van der Waals surface area (Å²) in [5, 5.41) is 3.04. The molecule has 1 aliphatic rings. The number of aryl methyl sites for hydroxylation is 1. The quantitative estimate of drug-likeness (QED) is 0.265. The predicted molar refractivity (Wildman–Crippen MR) is 157 cm³/mol. The summed E-state index contributed by atoms with van der Waals surface area (Å²) in [6, 6.07) is 25.6. The number of nitrogens with zero attached hydrogens (tertiary/aromatic N) is 1. The van der Waals surface area contributed by atoms with E-state index in [9.17, 15) is 18.0 Å². The highest BCUT2D eigenvalue weighted by atomic mass is 32.2. The first-order valence-electron chi connectivity index (χ1n) is 14.1. The fourth-order valence-electron chi connectivity index (χ4n) is 4.56. The zero-order chi connectivity index (χ0) is 28.4. The van der Waals surface area contributed by atoms with E-state index in [0.29, 0.717) is 25.9 Å². The van der Waals surface area contributed by atoms with E-state index in [1.54, 1.807) is 29.2 Å². The molecule has 0 saturated heterocycles. The van der Waals surface area contributed by atoms with Gasteiger partial charge in [-0.05, 0) is 54.5 Å². The van der Waals surface area contributed by atoms with Crippen LogP contribution in [0.1, 0.15) is 55.7 Å². The SMILES string of the molecule is CCCCNC(=O)[C@H](Cc1ccccc1)N(Cc1ccccc1)C(=O)CCc1ccc(S(=O)(=O)NC2CC2)cc1. The molecule has 1 saturated carbocycles. The number of nitrogens with one attached hydrogen (secondary N) is 2. The number of benzene rings is 3. The van der Waals surface area contributed by atoms with Crippen LogP contribution in [-0.4, -0.2) is 43.8 Å². The number of rotatable bonds is 15. The van der Waals surface area contributed by atoms with Crippen molar-refractivity contribution in [3.8, 4) is 0 Å². The zero-order valence-electron chi connectivity index (χ0n) is 23.1. The Kier molecular flexibility index (Phi) is 10.5. The monoisotopic (exact) mass is 561 g/mol. The van der Waals surface area contributed by atoms with Gasteiger partial charge in [0.15, 0.2) is 0 Å². The fraction of sp³-hybridized carbons (Fsp3) is 0.375. The highest BCUT2D eigenvalue weighted by Crippen LogP contribution is 2.23. The molecule has 4 rings (SSSR count). The van der Waals surface area contributed by atoms with E-state index in [-0.39, 0.29) is 29.2 Å². The minimum absolute atomic E-state index is 0.0425. The molecule has 1 fully saturated rings. The molecular formula is C32H39N3O4S. The summed E-state index contributed by atoms with van der Waals surface area (Å²) >= 11 is 0. The Bertz CT molecular complexity index is 1340. The maximum Gasteiger partial charge on any atom is 0.243 e. The molecule has 8 heteroatoms. The van der Waals surface area contributed by atoms with Crippen molar-refractivity contribution < 1.29 is 18.0 Å². The largest absolute Gasteiger partial charge is 0.354 e. The molecule has 3 aromatic rings. The highest BCUT2D eigenvalue weighted by Gasteiger charge is 2.30. The van der Waals surface area contributed by atoms with Gasteiger partial charge >= 0.3 is 0 Å². The van der Waals surface area contributed by atoms with Crippen LogP contribution in [0.15, 0.2) is 89.8 Å². The maximum absolute atomic E-state index is 13.8. The van der Waals surface area contributed by atoms with Crippen molar-refractivity contribution in [1.82, 2.24) is 14.9 Å². The lowest BCUT2D eigenvalue weighted by molar-refractivity contribution is -0.141. The van der Waals surface area contributed by atoms with Gasteiger partial charge in [0, 0.05) is 32.0 Å². The fourth-order valence-corrected chi connectivity index (χ4v) is 5.86. The summed E-state index contributed by atoms with van der Waals surface area (Å²) in [6.45, 7) is 2.96. The Morgan fingerprint density at radius 1 is 0.875 bits per heavy atom. The molecule has 2 N–H and O–H groups in total. The summed E-state index contributed by atoms with van der Waals surface area (Å²) in [6.07, 6.45) is 4.65. The van der Waals surface area contributed by atoms with Gasteiger partial charge < -0.3 is 10.2 Å². The van der Waals surface area contributed by atoms with E-state index in [2.05, 4.69) is 17.0 Å². The van der Waals surface area contributed by atoms with Crippen molar-refractivity contribution in [2.24, 2.45) is 0 Å². The normalized spacial score (nSPS) is 13.9. The van der Waals surface area contributed by atoms with Crippen LogP contribution in [0, 0.1) is 0 Å². The molecule has 1 aliphatic carbocycles. The molecule has 0 spiro atoms. The summed E-state index contributed by atoms with van der Waals surface area (Å²) in [5.74, 6) is -0.276. The molecular weight excluding hydrogens is 522 g/mol. The maximum atomic E-state index is 13.8. The average Bonchev–Trinajstić information content (AvgIpc) is 3.78. The second kappa shape index (κ2) is 14.2. The van der Waals surface area contributed by atoms with Crippen molar-refractivity contribution in [3.05, 3.63) is 102 Å². The van der Waals surface area contributed by atoms with Crippen LogP contribution in [0.5, 0.6) is 0 Å². The van der Waals surface area contributed by atoms with Crippen molar-refractivity contribution in [2.75, 3.05) is 6.54 Å². The summed E-state index contributed by atoms with van der Waals surface area (Å²) in [7, 11) is -3.52. The van der Waals surface area contributed by atoms with Crippen molar-refractivity contribution in [1.29, 1.82) is 0 Å². The molecule has 0 heterocycles. The number of hydrogen-bond acceptors (Lipinski definition) is 4. The minimum atomic E-state index is -3.52. The topological polar surface area (TPSA) is 95.6 Å². The summed E-state index contributed by atoms with van der Waals surface area (Å²) < 4.78 is 27.7. The van der Waals surface area contributed by atoms with Gasteiger partial charge in [0.1, 0.15) is 6.04 Å². The van der Waals surface area contributed by atoms with Gasteiger partial charge in [-0.2, -0.15) is 0 Å². The van der Waals surface area contributed by atoms with Crippen LogP contribution < -0.4 is 10.0 Å². The second-order valence-corrected chi connectivity index (χ2v) is 12.1. The van der Waals surface area contributed by atoms with Crippen molar-refractivity contribution in [2.45, 2.75) is 75.4 Å². The molecule has 0 unspecified atom stereocenters. The number of amides is 2. The van der Waals surface area contributed by atoms with Crippen LogP contribution in [0.3, 0.4) is 0 Å². The number of unbranched alkanes of at least 4 members (excludes halogenated alkanes) is 1. The molecule has 3 aromatic carbocycles. The number of carbonyl (C=O) groups is 2. The summed E-state index contributed by atoms with van der Waals surface area (Å²) in [4.78, 5) is 29.2. The third kappa shape index (κ3) is 8.76. The van der Waals surface area contributed by atoms with Gasteiger partial charge in [-0.15, -0.1) is 0 Å². The molecule has 7 nitrogen and oxygen atoms in total. The number of hydrogen-bond donors (Lipinski definition) is 2. The predicted octanol–water partition coefficient (Wildman–Crippen LogP) is 4.62. The lowest BCUT2D eigenvalue weighted by atomic mass is 10.0. The minimum Gasteiger partial charge on any atom is -0.354 e. The first-order valence-corrected chi connectivity index (χ1v) is 15.6. The van der Waals surface area contributed by atoms with E-state index in [0.717, 1.165) is 42.4 Å². The van der Waals surface area contributed by atoms with Crippen LogP contribution in [0.25, 0.3) is 0 Å². The van der Waals surface area contributed by atoms with Gasteiger partial charge in [-0.3, -0.25) is 9.59 Å². The zero-order valence-corrected chi connectivity index (χ0v) is 23.9. The van der Waals surface area contributed by atoms with Crippen LogP contribution in [-0.2, 0) is 39.0 Å². The van der Waals surface area contributed by atoms with E-state index >= 15 is 0 Å². The first kappa shape index (κ1) is 29.5. The Balaban J connectivity index is 1.51. The third-order valence-electron chi connectivity index (χ3n) is 7.06. The number of carbonyl (C=O) groups excluding carboxylic acids is 2. The van der Waals surface area contributed by atoms with E-state index in [1.807, 2.05) is 60.7 Å². The van der Waals surface area contributed by atoms with Crippen LogP contribution in [0.4, 0.5) is 0 Å². The van der Waals surface area contributed by atoms with Gasteiger partial charge in [0.05, 0.1) is 4.90 Å². The number of sulfonamides is 1. The lowest BCUT2D eigenvalue weighted by Gasteiger charge is -2.31. The Labute approximate surface area is 238 Å². The molecule has 0 aliphatic heterocycles. The van der Waals surface area contributed by atoms with Gasteiger partial charge in [-0.1, -0.05) is 86.1 Å². The smallest absolute Gasteiger partial charge is 0.243 e.